The largest absolute Gasteiger partial charge is 0.456 e. The van der Waals surface area contributed by atoms with Gasteiger partial charge in [-0.15, -0.1) is 11.3 Å². The highest BCUT2D eigenvalue weighted by molar-refractivity contribution is 7.26. The van der Waals surface area contributed by atoms with Crippen molar-refractivity contribution in [1.82, 2.24) is 4.98 Å². The average Bonchev–Trinajstić information content (AvgIpc) is 3.84. The molecule has 48 heavy (non-hydrogen) atoms. The van der Waals surface area contributed by atoms with Crippen molar-refractivity contribution in [3.8, 4) is 22.6 Å². The van der Waals surface area contributed by atoms with Crippen LogP contribution in [0.3, 0.4) is 0 Å². The van der Waals surface area contributed by atoms with E-state index in [2.05, 4.69) is 120 Å². The molecule has 0 N–H and O–H groups in total. The van der Waals surface area contributed by atoms with E-state index in [1.54, 1.807) is 11.3 Å². The van der Waals surface area contributed by atoms with Crippen molar-refractivity contribution in [1.29, 1.82) is 0 Å². The van der Waals surface area contributed by atoms with Crippen molar-refractivity contribution in [3.05, 3.63) is 158 Å². The molecule has 0 aliphatic heterocycles. The molecule has 0 bridgehead atoms. The first-order chi connectivity index (χ1) is 23.8. The minimum Gasteiger partial charge on any atom is -0.456 e. The third-order valence-corrected chi connectivity index (χ3v) is 10.2. The van der Waals surface area contributed by atoms with E-state index in [0.717, 1.165) is 71.3 Å². The molecule has 0 unspecified atom stereocenters. The van der Waals surface area contributed by atoms with Gasteiger partial charge in [0.2, 0.25) is 5.89 Å². The number of thiophene rings is 1. The van der Waals surface area contributed by atoms with Crippen molar-refractivity contribution in [2.24, 2.45) is 0 Å². The smallest absolute Gasteiger partial charge is 0.227 e. The summed E-state index contributed by atoms with van der Waals surface area (Å²) in [6.07, 6.45) is 0. The molecule has 10 aromatic rings. The maximum Gasteiger partial charge on any atom is 0.227 e. The van der Waals surface area contributed by atoms with Crippen LogP contribution in [0.4, 0.5) is 17.1 Å². The summed E-state index contributed by atoms with van der Waals surface area (Å²) in [5, 5.41) is 4.54. The zero-order chi connectivity index (χ0) is 31.6. The number of furan rings is 1. The molecule has 226 valence electrons. The summed E-state index contributed by atoms with van der Waals surface area (Å²) in [7, 11) is 0. The van der Waals surface area contributed by atoms with Crippen molar-refractivity contribution in [2.45, 2.75) is 0 Å². The SMILES string of the molecule is c1ccc(-c2cccc(N(c3ccc4oc5ccccc5c4c3)c3cccc4sc5cc6oc(-c7ccccc7)nc6cc5c34)c2)cc1. The Labute approximate surface area is 279 Å². The number of benzene rings is 7. The number of hydrogen-bond acceptors (Lipinski definition) is 5. The highest BCUT2D eigenvalue weighted by Gasteiger charge is 2.21. The number of nitrogens with zero attached hydrogens (tertiary/aromatic N) is 2. The fourth-order valence-corrected chi connectivity index (χ4v) is 7.99. The first kappa shape index (κ1) is 27.0. The third-order valence-electron chi connectivity index (χ3n) is 9.07. The van der Waals surface area contributed by atoms with Crippen LogP contribution >= 0.6 is 11.3 Å². The molecular weight excluding hydrogens is 609 g/mol. The fourth-order valence-electron chi connectivity index (χ4n) is 6.85. The molecule has 0 atom stereocenters. The van der Waals surface area contributed by atoms with Gasteiger partial charge >= 0.3 is 0 Å². The van der Waals surface area contributed by atoms with Crippen LogP contribution in [-0.2, 0) is 0 Å². The zero-order valence-electron chi connectivity index (χ0n) is 25.6. The second-order valence-electron chi connectivity index (χ2n) is 12.0. The van der Waals surface area contributed by atoms with Gasteiger partial charge in [-0.1, -0.05) is 84.9 Å². The van der Waals surface area contributed by atoms with Crippen LogP contribution in [-0.4, -0.2) is 4.98 Å². The summed E-state index contributed by atoms with van der Waals surface area (Å²) in [4.78, 5) is 7.31. The molecule has 0 radical (unpaired) electrons. The van der Waals surface area contributed by atoms with Crippen LogP contribution in [0, 0.1) is 0 Å². The Morgan fingerprint density at radius 3 is 2.06 bits per heavy atom. The van der Waals surface area contributed by atoms with E-state index >= 15 is 0 Å². The number of hydrogen-bond donors (Lipinski definition) is 0. The van der Waals surface area contributed by atoms with Crippen molar-refractivity contribution in [3.63, 3.8) is 0 Å². The van der Waals surface area contributed by atoms with Crippen LogP contribution in [0.15, 0.2) is 167 Å². The van der Waals surface area contributed by atoms with E-state index in [1.165, 1.54) is 15.6 Å². The topological polar surface area (TPSA) is 42.4 Å². The molecule has 4 nitrogen and oxygen atoms in total. The first-order valence-corrected chi connectivity index (χ1v) is 16.8. The summed E-state index contributed by atoms with van der Waals surface area (Å²) in [6.45, 7) is 0. The molecule has 0 fully saturated rings. The lowest BCUT2D eigenvalue weighted by atomic mass is 10.0. The number of rotatable bonds is 5. The summed E-state index contributed by atoms with van der Waals surface area (Å²) in [5.41, 5.74) is 9.93. The van der Waals surface area contributed by atoms with E-state index in [0.29, 0.717) is 5.89 Å². The minimum atomic E-state index is 0.632. The molecule has 5 heteroatoms. The number of fused-ring (bicyclic) bond motifs is 7. The Morgan fingerprint density at radius 2 is 1.19 bits per heavy atom. The van der Waals surface area contributed by atoms with E-state index < -0.39 is 0 Å². The van der Waals surface area contributed by atoms with Gasteiger partial charge in [0.25, 0.3) is 0 Å². The molecule has 3 heterocycles. The predicted molar refractivity (Wildman–Crippen MR) is 200 cm³/mol. The lowest BCUT2D eigenvalue weighted by Gasteiger charge is -2.27. The monoisotopic (exact) mass is 634 g/mol. The van der Waals surface area contributed by atoms with E-state index in [9.17, 15) is 0 Å². The second kappa shape index (κ2) is 10.7. The van der Waals surface area contributed by atoms with Crippen LogP contribution in [0.1, 0.15) is 0 Å². The van der Waals surface area contributed by atoms with Gasteiger partial charge in [-0.3, -0.25) is 0 Å². The second-order valence-corrected chi connectivity index (χ2v) is 13.1. The number of anilines is 3. The van der Waals surface area contributed by atoms with Gasteiger partial charge in [0.05, 0.1) is 5.69 Å². The average molecular weight is 635 g/mol. The number of para-hydroxylation sites is 1. The van der Waals surface area contributed by atoms with Crippen LogP contribution < -0.4 is 4.90 Å². The fraction of sp³-hybridized carbons (Fsp3) is 0. The Bertz CT molecular complexity index is 2790. The maximum atomic E-state index is 6.27. The molecule has 0 spiro atoms. The minimum absolute atomic E-state index is 0.632. The lowest BCUT2D eigenvalue weighted by Crippen LogP contribution is -2.10. The van der Waals surface area contributed by atoms with E-state index in [-0.39, 0.29) is 0 Å². The Hall–Kier alpha value is -6.17. The van der Waals surface area contributed by atoms with Crippen molar-refractivity contribution in [2.75, 3.05) is 4.90 Å². The highest BCUT2D eigenvalue weighted by Crippen LogP contribution is 2.47. The van der Waals surface area contributed by atoms with Gasteiger partial charge in [-0.2, -0.15) is 0 Å². The van der Waals surface area contributed by atoms with Gasteiger partial charge in [-0.05, 0) is 77.9 Å². The van der Waals surface area contributed by atoms with Crippen LogP contribution in [0.2, 0.25) is 0 Å². The first-order valence-electron chi connectivity index (χ1n) is 15.9. The molecule has 0 saturated heterocycles. The third kappa shape index (κ3) is 4.33. The predicted octanol–water partition coefficient (Wildman–Crippen LogP) is 12.9. The van der Waals surface area contributed by atoms with E-state index in [1.807, 2.05) is 42.5 Å². The quantitative estimate of drug-likeness (QED) is 0.189. The molecular formula is C43H26N2O2S. The standard InChI is InChI=1S/C43H26N2O2S/c1-3-11-27(12-4-1)29-15-9-16-30(23-29)45(31-21-22-38-33(24-31)32-17-7-8-19-37(32)46-38)36-18-10-20-40-42(36)34-25-35-39(26-41(34)48-40)47-43(44-35)28-13-5-2-6-14-28/h1-26H. The highest BCUT2D eigenvalue weighted by atomic mass is 32.1. The van der Waals surface area contributed by atoms with Gasteiger partial charge in [0.15, 0.2) is 5.58 Å². The van der Waals surface area contributed by atoms with Gasteiger partial charge < -0.3 is 13.7 Å². The summed E-state index contributed by atoms with van der Waals surface area (Å²) >= 11 is 1.78. The lowest BCUT2D eigenvalue weighted by molar-refractivity contribution is 0.620. The Morgan fingerprint density at radius 1 is 0.458 bits per heavy atom. The molecule has 3 aromatic heterocycles. The van der Waals surface area contributed by atoms with Crippen LogP contribution in [0.25, 0.3) is 75.8 Å². The molecule has 0 saturated carbocycles. The summed E-state index contributed by atoms with van der Waals surface area (Å²) < 4.78 is 14.9. The molecule has 0 aliphatic carbocycles. The molecule has 0 aliphatic rings. The van der Waals surface area contributed by atoms with Crippen LogP contribution in [0.5, 0.6) is 0 Å². The summed E-state index contributed by atoms with van der Waals surface area (Å²) in [5.74, 6) is 0.632. The Balaban J connectivity index is 1.23. The number of oxazole rings is 1. The van der Waals surface area contributed by atoms with Gasteiger partial charge in [0.1, 0.15) is 16.7 Å². The molecule has 0 amide bonds. The summed E-state index contributed by atoms with van der Waals surface area (Å²) in [6, 6.07) is 55.1. The van der Waals surface area contributed by atoms with Gasteiger partial charge in [-0.25, -0.2) is 4.98 Å². The van der Waals surface area contributed by atoms with Crippen molar-refractivity contribution >= 4 is 81.6 Å². The maximum absolute atomic E-state index is 6.27. The zero-order valence-corrected chi connectivity index (χ0v) is 26.4. The Kier molecular flexibility index (Phi) is 6.01. The normalized spacial score (nSPS) is 11.8. The number of aromatic nitrogens is 1. The van der Waals surface area contributed by atoms with Gasteiger partial charge in [0, 0.05) is 53.9 Å². The van der Waals surface area contributed by atoms with Crippen molar-refractivity contribution < 1.29 is 8.83 Å². The molecule has 7 aromatic carbocycles. The van der Waals surface area contributed by atoms with E-state index in [4.69, 9.17) is 13.8 Å². The molecule has 10 rings (SSSR count).